The molecule has 38 heavy (non-hydrogen) atoms. The lowest BCUT2D eigenvalue weighted by atomic mass is 10.0. The molecule has 1 heterocycles. The van der Waals surface area contributed by atoms with Gasteiger partial charge in [0.1, 0.15) is 11.2 Å². The van der Waals surface area contributed by atoms with Crippen LogP contribution in [0.4, 0.5) is 11.4 Å². The van der Waals surface area contributed by atoms with Crippen molar-refractivity contribution >= 4 is 33.3 Å². The van der Waals surface area contributed by atoms with Gasteiger partial charge in [-0.3, -0.25) is 0 Å². The molecule has 7 aromatic rings. The van der Waals surface area contributed by atoms with Crippen molar-refractivity contribution in [2.24, 2.45) is 0 Å². The van der Waals surface area contributed by atoms with Crippen molar-refractivity contribution < 1.29 is 4.42 Å². The molecule has 180 valence electrons. The highest BCUT2D eigenvalue weighted by Crippen LogP contribution is 2.33. The number of nitrogens with one attached hydrogen (secondary N) is 1. The molecule has 0 saturated heterocycles. The Morgan fingerprint density at radius 3 is 1.42 bits per heavy atom. The molecule has 0 aliphatic carbocycles. The molecular weight excluding hydrogens is 462 g/mol. The molecule has 0 unspecified atom stereocenters. The first-order valence-corrected chi connectivity index (χ1v) is 12.8. The molecule has 1 N–H and O–H groups in total. The van der Waals surface area contributed by atoms with Crippen molar-refractivity contribution in [3.8, 4) is 33.4 Å². The molecule has 2 nitrogen and oxygen atoms in total. The predicted molar refractivity (Wildman–Crippen MR) is 160 cm³/mol. The standard InChI is InChI=1S/C36H25NO/c1-2-6-25(7-3-1)26-10-12-27(13-11-26)28-14-19-31(20-15-28)37-32-21-16-29(17-22-32)30-18-23-34-33-8-4-5-9-35(33)38-36(34)24-30/h1-24,37H. The maximum atomic E-state index is 6.07. The monoisotopic (exact) mass is 487 g/mol. The van der Waals surface area contributed by atoms with Gasteiger partial charge in [-0.1, -0.05) is 103 Å². The van der Waals surface area contributed by atoms with Gasteiger partial charge in [0.15, 0.2) is 0 Å². The van der Waals surface area contributed by atoms with E-state index in [1.807, 2.05) is 24.3 Å². The fourth-order valence-corrected chi connectivity index (χ4v) is 5.05. The number of hydrogen-bond acceptors (Lipinski definition) is 2. The van der Waals surface area contributed by atoms with E-state index in [0.29, 0.717) is 0 Å². The Morgan fingerprint density at radius 1 is 0.342 bits per heavy atom. The average Bonchev–Trinajstić information content (AvgIpc) is 3.36. The fourth-order valence-electron chi connectivity index (χ4n) is 5.05. The third-order valence-electron chi connectivity index (χ3n) is 7.10. The molecule has 0 aliphatic heterocycles. The second-order valence-electron chi connectivity index (χ2n) is 9.53. The van der Waals surface area contributed by atoms with E-state index in [4.69, 9.17) is 4.42 Å². The van der Waals surface area contributed by atoms with Crippen LogP contribution in [0.15, 0.2) is 150 Å². The first-order valence-electron chi connectivity index (χ1n) is 12.8. The van der Waals surface area contributed by atoms with Crippen LogP contribution in [0.2, 0.25) is 0 Å². The highest BCUT2D eigenvalue weighted by Gasteiger charge is 2.08. The number of rotatable bonds is 5. The van der Waals surface area contributed by atoms with E-state index in [0.717, 1.165) is 44.4 Å². The molecule has 1 aromatic heterocycles. The van der Waals surface area contributed by atoms with Gasteiger partial charge >= 0.3 is 0 Å². The van der Waals surface area contributed by atoms with Crippen LogP contribution >= 0.6 is 0 Å². The molecular formula is C36H25NO. The van der Waals surface area contributed by atoms with E-state index in [9.17, 15) is 0 Å². The van der Waals surface area contributed by atoms with Gasteiger partial charge in [0.2, 0.25) is 0 Å². The summed E-state index contributed by atoms with van der Waals surface area (Å²) < 4.78 is 6.07. The van der Waals surface area contributed by atoms with E-state index >= 15 is 0 Å². The van der Waals surface area contributed by atoms with Gasteiger partial charge in [-0.2, -0.15) is 0 Å². The molecule has 0 fully saturated rings. The topological polar surface area (TPSA) is 25.2 Å². The minimum Gasteiger partial charge on any atom is -0.456 e. The zero-order chi connectivity index (χ0) is 25.3. The van der Waals surface area contributed by atoms with Crippen molar-refractivity contribution in [1.29, 1.82) is 0 Å². The van der Waals surface area contributed by atoms with Crippen molar-refractivity contribution in [3.63, 3.8) is 0 Å². The van der Waals surface area contributed by atoms with Crippen LogP contribution in [0, 0.1) is 0 Å². The van der Waals surface area contributed by atoms with Crippen molar-refractivity contribution in [2.45, 2.75) is 0 Å². The first-order chi connectivity index (χ1) is 18.8. The lowest BCUT2D eigenvalue weighted by Crippen LogP contribution is -1.90. The Hall–Kier alpha value is -5.08. The molecule has 6 aromatic carbocycles. The number of benzene rings is 6. The summed E-state index contributed by atoms with van der Waals surface area (Å²) in [4.78, 5) is 0. The largest absolute Gasteiger partial charge is 0.456 e. The maximum Gasteiger partial charge on any atom is 0.136 e. The Morgan fingerprint density at radius 2 is 0.789 bits per heavy atom. The molecule has 0 amide bonds. The van der Waals surface area contributed by atoms with Gasteiger partial charge in [-0.05, 0) is 75.8 Å². The van der Waals surface area contributed by atoms with E-state index in [1.54, 1.807) is 0 Å². The fraction of sp³-hybridized carbons (Fsp3) is 0. The minimum atomic E-state index is 0.917. The highest BCUT2D eigenvalue weighted by molar-refractivity contribution is 6.05. The van der Waals surface area contributed by atoms with Crippen LogP contribution in [0.1, 0.15) is 0 Å². The van der Waals surface area contributed by atoms with Crippen molar-refractivity contribution in [3.05, 3.63) is 146 Å². The number of fused-ring (bicyclic) bond motifs is 3. The third-order valence-corrected chi connectivity index (χ3v) is 7.10. The second-order valence-corrected chi connectivity index (χ2v) is 9.53. The molecule has 7 rings (SSSR count). The Kier molecular flexibility index (Phi) is 5.49. The predicted octanol–water partition coefficient (Wildman–Crippen LogP) is 10.3. The van der Waals surface area contributed by atoms with Gasteiger partial charge in [-0.25, -0.2) is 0 Å². The number of furan rings is 1. The molecule has 0 saturated carbocycles. The van der Waals surface area contributed by atoms with Crippen LogP contribution in [-0.4, -0.2) is 0 Å². The number of hydrogen-bond donors (Lipinski definition) is 1. The molecule has 0 bridgehead atoms. The molecule has 0 aliphatic rings. The second kappa shape index (κ2) is 9.42. The van der Waals surface area contributed by atoms with Gasteiger partial charge in [-0.15, -0.1) is 0 Å². The summed E-state index contributed by atoms with van der Waals surface area (Å²) in [6.07, 6.45) is 0. The summed E-state index contributed by atoms with van der Waals surface area (Å²) in [5.41, 5.74) is 11.1. The molecule has 0 radical (unpaired) electrons. The van der Waals surface area contributed by atoms with E-state index in [-0.39, 0.29) is 0 Å². The van der Waals surface area contributed by atoms with Crippen molar-refractivity contribution in [2.75, 3.05) is 5.32 Å². The zero-order valence-corrected chi connectivity index (χ0v) is 20.8. The van der Waals surface area contributed by atoms with Crippen LogP contribution in [-0.2, 0) is 0 Å². The Balaban J connectivity index is 1.06. The lowest BCUT2D eigenvalue weighted by Gasteiger charge is -2.10. The van der Waals surface area contributed by atoms with Gasteiger partial charge in [0.05, 0.1) is 0 Å². The third kappa shape index (κ3) is 4.23. The quantitative estimate of drug-likeness (QED) is 0.261. The van der Waals surface area contributed by atoms with Crippen molar-refractivity contribution in [1.82, 2.24) is 0 Å². The normalized spacial score (nSPS) is 11.2. The van der Waals surface area contributed by atoms with Gasteiger partial charge < -0.3 is 9.73 Å². The van der Waals surface area contributed by atoms with E-state index < -0.39 is 0 Å². The van der Waals surface area contributed by atoms with Gasteiger partial charge in [0.25, 0.3) is 0 Å². The maximum absolute atomic E-state index is 6.07. The number of para-hydroxylation sites is 1. The Bertz CT molecular complexity index is 1850. The minimum absolute atomic E-state index is 0.917. The highest BCUT2D eigenvalue weighted by atomic mass is 16.3. The summed E-state index contributed by atoms with van der Waals surface area (Å²) in [6.45, 7) is 0. The van der Waals surface area contributed by atoms with Crippen LogP contribution in [0.5, 0.6) is 0 Å². The molecule has 2 heteroatoms. The zero-order valence-electron chi connectivity index (χ0n) is 20.8. The first kappa shape index (κ1) is 22.1. The smallest absolute Gasteiger partial charge is 0.136 e. The van der Waals surface area contributed by atoms with E-state index in [1.165, 1.54) is 22.3 Å². The Labute approximate surface area is 221 Å². The molecule has 0 atom stereocenters. The summed E-state index contributed by atoms with van der Waals surface area (Å²) in [7, 11) is 0. The summed E-state index contributed by atoms with van der Waals surface area (Å²) in [6, 6.07) is 51.0. The summed E-state index contributed by atoms with van der Waals surface area (Å²) >= 11 is 0. The van der Waals surface area contributed by atoms with Crippen LogP contribution in [0.3, 0.4) is 0 Å². The summed E-state index contributed by atoms with van der Waals surface area (Å²) in [5, 5.41) is 5.83. The average molecular weight is 488 g/mol. The number of anilines is 2. The lowest BCUT2D eigenvalue weighted by molar-refractivity contribution is 0.669. The van der Waals surface area contributed by atoms with E-state index in [2.05, 4.69) is 127 Å². The molecule has 0 spiro atoms. The van der Waals surface area contributed by atoms with Crippen LogP contribution in [0.25, 0.3) is 55.3 Å². The van der Waals surface area contributed by atoms with Crippen LogP contribution < -0.4 is 5.32 Å². The van der Waals surface area contributed by atoms with Gasteiger partial charge in [0, 0.05) is 22.1 Å². The summed E-state index contributed by atoms with van der Waals surface area (Å²) in [5.74, 6) is 0. The SMILES string of the molecule is c1ccc(-c2ccc(-c3ccc(Nc4ccc(-c5ccc6c(c5)oc5ccccc56)cc4)cc3)cc2)cc1.